The highest BCUT2D eigenvalue weighted by Gasteiger charge is 2.37. The van der Waals surface area contributed by atoms with Crippen molar-refractivity contribution >= 4 is 26.0 Å². The highest BCUT2D eigenvalue weighted by atomic mass is 32.2. The normalized spacial score (nSPS) is 14.1. The van der Waals surface area contributed by atoms with Gasteiger partial charge in [-0.05, 0) is 48.5 Å². The van der Waals surface area contributed by atoms with Crippen molar-refractivity contribution in [3.05, 3.63) is 41.3 Å². The maximum absolute atomic E-state index is 11.9. The van der Waals surface area contributed by atoms with Gasteiger partial charge in [0, 0.05) is 24.0 Å². The molecule has 1 N–H and O–H groups in total. The molecule has 1 aromatic rings. The molecule has 0 saturated carbocycles. The van der Waals surface area contributed by atoms with Gasteiger partial charge in [0.25, 0.3) is 0 Å². The Morgan fingerprint density at radius 1 is 1.26 bits per heavy atom. The van der Waals surface area contributed by atoms with Crippen LogP contribution in [0.1, 0.15) is 40.5 Å². The Morgan fingerprint density at radius 2 is 1.89 bits per heavy atom. The summed E-state index contributed by atoms with van der Waals surface area (Å²) in [6, 6.07) is 9.82. The van der Waals surface area contributed by atoms with E-state index >= 15 is 0 Å². The van der Waals surface area contributed by atoms with Crippen molar-refractivity contribution in [2.24, 2.45) is 0 Å². The fourth-order valence-corrected chi connectivity index (χ4v) is 4.17. The van der Waals surface area contributed by atoms with Crippen molar-refractivity contribution in [2.45, 2.75) is 69.7 Å². The van der Waals surface area contributed by atoms with Crippen molar-refractivity contribution in [3.63, 3.8) is 0 Å². The summed E-state index contributed by atoms with van der Waals surface area (Å²) in [4.78, 5) is 13.7. The Morgan fingerprint density at radius 3 is 2.44 bits per heavy atom. The second kappa shape index (κ2) is 11.0. The molecule has 27 heavy (non-hydrogen) atoms. The molecule has 0 saturated heterocycles. The molecule has 0 fully saturated rings. The van der Waals surface area contributed by atoms with Crippen LogP contribution in [0.5, 0.6) is 0 Å². The van der Waals surface area contributed by atoms with Crippen LogP contribution >= 0.6 is 11.8 Å². The zero-order valence-electron chi connectivity index (χ0n) is 17.5. The Labute approximate surface area is 169 Å². The van der Waals surface area contributed by atoms with Crippen molar-refractivity contribution < 1.29 is 19.1 Å². The van der Waals surface area contributed by atoms with Crippen LogP contribution in [-0.4, -0.2) is 38.7 Å². The third-order valence-corrected chi connectivity index (χ3v) is 10.3. The minimum atomic E-state index is -1.81. The molecule has 1 atom stereocenters. The van der Waals surface area contributed by atoms with Gasteiger partial charge in [0.2, 0.25) is 0 Å². The van der Waals surface area contributed by atoms with E-state index in [4.69, 9.17) is 9.16 Å². The molecule has 6 heteroatoms. The van der Waals surface area contributed by atoms with Gasteiger partial charge in [-0.1, -0.05) is 50.7 Å². The van der Waals surface area contributed by atoms with E-state index < -0.39 is 14.4 Å². The first-order chi connectivity index (χ1) is 12.5. The summed E-state index contributed by atoms with van der Waals surface area (Å²) in [5.74, 6) is -0.374. The molecule has 0 unspecified atom stereocenters. The zero-order chi connectivity index (χ0) is 20.5. The first-order valence-corrected chi connectivity index (χ1v) is 13.2. The van der Waals surface area contributed by atoms with Gasteiger partial charge in [-0.3, -0.25) is 0 Å². The predicted molar refractivity (Wildman–Crippen MR) is 115 cm³/mol. The van der Waals surface area contributed by atoms with E-state index in [1.54, 1.807) is 6.92 Å². The molecule has 0 heterocycles. The monoisotopic (exact) mass is 410 g/mol. The van der Waals surface area contributed by atoms with Gasteiger partial charge >= 0.3 is 5.97 Å². The van der Waals surface area contributed by atoms with Crippen LogP contribution in [0.4, 0.5) is 0 Å². The van der Waals surface area contributed by atoms with E-state index in [9.17, 15) is 9.90 Å². The van der Waals surface area contributed by atoms with Gasteiger partial charge in [0.15, 0.2) is 8.32 Å². The van der Waals surface area contributed by atoms with E-state index in [1.165, 1.54) is 17.8 Å². The van der Waals surface area contributed by atoms with Crippen LogP contribution in [0.3, 0.4) is 0 Å². The molecule has 0 amide bonds. The van der Waals surface area contributed by atoms with E-state index in [1.807, 2.05) is 30.3 Å². The van der Waals surface area contributed by atoms with Gasteiger partial charge in [-0.15, -0.1) is 0 Å². The molecule has 0 aliphatic heterocycles. The van der Waals surface area contributed by atoms with E-state index in [0.717, 1.165) is 9.80 Å². The molecule has 1 rings (SSSR count). The lowest BCUT2D eigenvalue weighted by atomic mass is 10.2. The topological polar surface area (TPSA) is 55.8 Å². The van der Waals surface area contributed by atoms with Crippen LogP contribution in [0.25, 0.3) is 0 Å². The van der Waals surface area contributed by atoms with Crippen LogP contribution in [0, 0.1) is 0 Å². The first-order valence-electron chi connectivity index (χ1n) is 9.47. The lowest BCUT2D eigenvalue weighted by Crippen LogP contribution is -2.41. The maximum Gasteiger partial charge on any atom is 0.331 e. The van der Waals surface area contributed by atoms with Crippen molar-refractivity contribution in [1.82, 2.24) is 0 Å². The average Bonchev–Trinajstić information content (AvgIpc) is 2.54. The number of aliphatic hydroxyl groups is 1. The maximum atomic E-state index is 11.9. The van der Waals surface area contributed by atoms with Gasteiger partial charge in [-0.25, -0.2) is 4.79 Å². The molecule has 0 aliphatic carbocycles. The van der Waals surface area contributed by atoms with Crippen molar-refractivity contribution in [2.75, 3.05) is 13.2 Å². The first kappa shape index (κ1) is 24.0. The van der Waals surface area contributed by atoms with Gasteiger partial charge in [0.1, 0.15) is 0 Å². The summed E-state index contributed by atoms with van der Waals surface area (Å²) < 4.78 is 11.2. The highest BCUT2D eigenvalue weighted by molar-refractivity contribution is 8.03. The van der Waals surface area contributed by atoms with Crippen LogP contribution in [-0.2, 0) is 14.0 Å². The highest BCUT2D eigenvalue weighted by Crippen LogP contribution is 2.37. The smallest absolute Gasteiger partial charge is 0.331 e. The second-order valence-electron chi connectivity index (χ2n) is 8.03. The molecule has 1 aromatic carbocycles. The fraction of sp³-hybridized carbons (Fsp3) is 0.571. The predicted octanol–water partition coefficient (Wildman–Crippen LogP) is 5.39. The van der Waals surface area contributed by atoms with E-state index in [2.05, 4.69) is 33.9 Å². The zero-order valence-corrected chi connectivity index (χ0v) is 19.3. The van der Waals surface area contributed by atoms with Crippen molar-refractivity contribution in [1.29, 1.82) is 0 Å². The number of esters is 1. The lowest BCUT2D eigenvalue weighted by molar-refractivity contribution is -0.137. The number of carbonyl (C=O) groups excluding carboxylic acids is 1. The molecule has 0 bridgehead atoms. The molecule has 152 valence electrons. The van der Waals surface area contributed by atoms with Crippen LogP contribution in [0.2, 0.25) is 18.1 Å². The number of carbonyl (C=O) groups is 1. The summed E-state index contributed by atoms with van der Waals surface area (Å²) in [7, 11) is -1.81. The molecular weight excluding hydrogens is 376 g/mol. The number of aliphatic hydroxyl groups excluding tert-OH is 1. The Hall–Kier alpha value is -1.08. The molecule has 0 aromatic heterocycles. The minimum Gasteiger partial charge on any atom is -0.463 e. The SMILES string of the molecule is CCOC(=O)/C=C(/C[C@H](O)CCO[Si](C)(C)C(C)(C)C)Sc1ccccc1. The third kappa shape index (κ3) is 9.10. The van der Waals surface area contributed by atoms with Gasteiger partial charge in [-0.2, -0.15) is 0 Å². The Balaban J connectivity index is 2.67. The molecule has 0 radical (unpaired) electrons. The van der Waals surface area contributed by atoms with Crippen LogP contribution in [0.15, 0.2) is 46.2 Å². The number of hydrogen-bond donors (Lipinski definition) is 1. The Bertz CT molecular complexity index is 608. The standard InChI is InChI=1S/C21H34O4SSi/c1-7-24-20(23)16-19(26-18-11-9-8-10-12-18)15-17(22)13-14-25-27(5,6)21(2,3)4/h8-12,16-17,22H,7,13-15H2,1-6H3/b19-16-/t17-/m1/s1. The molecule has 4 nitrogen and oxygen atoms in total. The van der Waals surface area contributed by atoms with Crippen molar-refractivity contribution in [3.8, 4) is 0 Å². The molecule has 0 spiro atoms. The fourth-order valence-electron chi connectivity index (χ4n) is 2.09. The van der Waals surface area contributed by atoms with Gasteiger partial charge < -0.3 is 14.3 Å². The summed E-state index contributed by atoms with van der Waals surface area (Å²) in [5, 5.41) is 10.6. The van der Waals surface area contributed by atoms with E-state index in [0.29, 0.717) is 26.1 Å². The second-order valence-corrected chi connectivity index (χ2v) is 14.0. The third-order valence-electron chi connectivity index (χ3n) is 4.71. The number of rotatable bonds is 10. The summed E-state index contributed by atoms with van der Waals surface area (Å²) in [6.07, 6.45) is 1.87. The minimum absolute atomic E-state index is 0.149. The summed E-state index contributed by atoms with van der Waals surface area (Å²) >= 11 is 1.48. The molecule has 0 aliphatic rings. The molecular formula is C21H34O4SSi. The largest absolute Gasteiger partial charge is 0.463 e. The number of ether oxygens (including phenoxy) is 1. The summed E-state index contributed by atoms with van der Waals surface area (Å²) in [6.45, 7) is 13.7. The average molecular weight is 411 g/mol. The van der Waals surface area contributed by atoms with Crippen LogP contribution < -0.4 is 0 Å². The lowest BCUT2D eigenvalue weighted by Gasteiger charge is -2.36. The Kier molecular flexibility index (Phi) is 9.80. The number of benzene rings is 1. The quantitative estimate of drug-likeness (QED) is 0.243. The summed E-state index contributed by atoms with van der Waals surface area (Å²) in [5.41, 5.74) is 0. The van der Waals surface area contributed by atoms with Gasteiger partial charge in [0.05, 0.1) is 12.7 Å². The number of thioether (sulfide) groups is 1. The number of hydrogen-bond acceptors (Lipinski definition) is 5. The van der Waals surface area contributed by atoms with E-state index in [-0.39, 0.29) is 11.0 Å².